The van der Waals surface area contributed by atoms with E-state index in [1.807, 2.05) is 0 Å². The number of nitrogen functional groups attached to an aromatic ring is 1. The molecule has 3 N–H and O–H groups in total. The molecule has 2 rings (SSSR count). The quantitative estimate of drug-likeness (QED) is 0.822. The molecule has 0 radical (unpaired) electrons. The van der Waals surface area contributed by atoms with Crippen molar-refractivity contribution >= 4 is 27.3 Å². The molecule has 0 spiro atoms. The van der Waals surface area contributed by atoms with E-state index in [9.17, 15) is 17.9 Å². The second-order valence-electron chi connectivity index (χ2n) is 4.40. The minimum Gasteiger partial charge on any atom is -0.396 e. The standard InChI is InChI=1S/C11H14ClFN2O3S/c12-7-4-9(14)11(13)10(5-7)19(17,18)15-3-1-2-8(15)6-16/h4-5,8,16H,1-3,6,14H2/t8-/m0/s1. The predicted molar refractivity (Wildman–Crippen MR) is 69.8 cm³/mol. The maximum absolute atomic E-state index is 13.9. The zero-order valence-corrected chi connectivity index (χ0v) is 11.6. The van der Waals surface area contributed by atoms with Gasteiger partial charge in [0.1, 0.15) is 4.90 Å². The second kappa shape index (κ2) is 5.24. The molecule has 1 heterocycles. The van der Waals surface area contributed by atoms with Crippen LogP contribution in [0.1, 0.15) is 12.8 Å². The maximum Gasteiger partial charge on any atom is 0.246 e. The van der Waals surface area contributed by atoms with Crippen LogP contribution in [-0.4, -0.2) is 37.0 Å². The third-order valence-corrected chi connectivity index (χ3v) is 5.32. The number of benzene rings is 1. The van der Waals surface area contributed by atoms with E-state index in [1.165, 1.54) is 0 Å². The fourth-order valence-corrected chi connectivity index (χ4v) is 4.30. The van der Waals surface area contributed by atoms with Crippen molar-refractivity contribution in [1.82, 2.24) is 4.31 Å². The molecule has 0 aromatic heterocycles. The van der Waals surface area contributed by atoms with Gasteiger partial charge < -0.3 is 10.8 Å². The van der Waals surface area contributed by atoms with Gasteiger partial charge in [0.15, 0.2) is 5.82 Å². The molecule has 0 bridgehead atoms. The van der Waals surface area contributed by atoms with Crippen LogP contribution >= 0.6 is 11.6 Å². The molecule has 1 aliphatic heterocycles. The van der Waals surface area contributed by atoms with Crippen LogP contribution in [-0.2, 0) is 10.0 Å². The van der Waals surface area contributed by atoms with Crippen LogP contribution in [0.3, 0.4) is 0 Å². The van der Waals surface area contributed by atoms with E-state index in [0.717, 1.165) is 16.4 Å². The van der Waals surface area contributed by atoms with Gasteiger partial charge in [0.05, 0.1) is 12.3 Å². The van der Waals surface area contributed by atoms with Crippen molar-refractivity contribution in [2.75, 3.05) is 18.9 Å². The summed E-state index contributed by atoms with van der Waals surface area (Å²) in [6.45, 7) is -0.0453. The molecule has 0 saturated carbocycles. The van der Waals surface area contributed by atoms with Crippen LogP contribution in [0.5, 0.6) is 0 Å². The van der Waals surface area contributed by atoms with E-state index >= 15 is 0 Å². The Morgan fingerprint density at radius 3 is 2.84 bits per heavy atom. The Hall–Kier alpha value is -0.890. The Morgan fingerprint density at radius 1 is 1.53 bits per heavy atom. The van der Waals surface area contributed by atoms with E-state index in [-0.39, 0.29) is 23.9 Å². The number of nitrogens with zero attached hydrogens (tertiary/aromatic N) is 1. The number of rotatable bonds is 3. The molecule has 1 saturated heterocycles. The zero-order valence-electron chi connectivity index (χ0n) is 10.0. The lowest BCUT2D eigenvalue weighted by molar-refractivity contribution is 0.213. The van der Waals surface area contributed by atoms with Crippen LogP contribution in [0, 0.1) is 5.82 Å². The van der Waals surface area contributed by atoms with Crippen molar-refractivity contribution in [2.45, 2.75) is 23.8 Å². The first kappa shape index (κ1) is 14.5. The molecule has 1 atom stereocenters. The van der Waals surface area contributed by atoms with Crippen LogP contribution in [0.15, 0.2) is 17.0 Å². The lowest BCUT2D eigenvalue weighted by Gasteiger charge is -2.23. The highest BCUT2D eigenvalue weighted by molar-refractivity contribution is 7.89. The van der Waals surface area contributed by atoms with Gasteiger partial charge in [0, 0.05) is 17.6 Å². The summed E-state index contributed by atoms with van der Waals surface area (Å²) in [6.07, 6.45) is 1.18. The van der Waals surface area contributed by atoms with Crippen molar-refractivity contribution in [3.63, 3.8) is 0 Å². The molecule has 1 aromatic carbocycles. The van der Waals surface area contributed by atoms with Crippen molar-refractivity contribution in [1.29, 1.82) is 0 Å². The summed E-state index contributed by atoms with van der Waals surface area (Å²) in [7, 11) is -4.04. The topological polar surface area (TPSA) is 83.6 Å². The lowest BCUT2D eigenvalue weighted by atomic mass is 10.2. The van der Waals surface area contributed by atoms with E-state index in [0.29, 0.717) is 12.8 Å². The number of sulfonamides is 1. The van der Waals surface area contributed by atoms with Gasteiger partial charge in [0.2, 0.25) is 10.0 Å². The zero-order chi connectivity index (χ0) is 14.2. The minimum absolute atomic E-state index is 0.0530. The van der Waals surface area contributed by atoms with E-state index in [1.54, 1.807) is 0 Å². The number of hydrogen-bond acceptors (Lipinski definition) is 4. The van der Waals surface area contributed by atoms with Gasteiger partial charge in [-0.15, -0.1) is 0 Å². The highest BCUT2D eigenvalue weighted by atomic mass is 35.5. The summed E-state index contributed by atoms with van der Waals surface area (Å²) in [5.74, 6) is -1.01. The number of nitrogens with two attached hydrogens (primary N) is 1. The predicted octanol–water partition coefficient (Wildman–Crippen LogP) is 1.21. The average Bonchev–Trinajstić information content (AvgIpc) is 2.82. The summed E-state index contributed by atoms with van der Waals surface area (Å²) in [5, 5.41) is 9.23. The van der Waals surface area contributed by atoms with E-state index in [2.05, 4.69) is 0 Å². The first-order valence-electron chi connectivity index (χ1n) is 5.75. The van der Waals surface area contributed by atoms with Crippen LogP contribution in [0.25, 0.3) is 0 Å². The Bertz CT molecular complexity index is 594. The molecular weight excluding hydrogens is 295 g/mol. The number of anilines is 1. The first-order valence-corrected chi connectivity index (χ1v) is 7.57. The molecule has 1 fully saturated rings. The fraction of sp³-hybridized carbons (Fsp3) is 0.455. The molecule has 19 heavy (non-hydrogen) atoms. The van der Waals surface area contributed by atoms with E-state index < -0.39 is 26.8 Å². The summed E-state index contributed by atoms with van der Waals surface area (Å²) >= 11 is 5.73. The number of aliphatic hydroxyl groups excluding tert-OH is 1. The minimum atomic E-state index is -4.04. The van der Waals surface area contributed by atoms with E-state index in [4.69, 9.17) is 17.3 Å². The third-order valence-electron chi connectivity index (χ3n) is 3.15. The van der Waals surface area contributed by atoms with Gasteiger partial charge >= 0.3 is 0 Å². The van der Waals surface area contributed by atoms with Crippen LogP contribution in [0.4, 0.5) is 10.1 Å². The van der Waals surface area contributed by atoms with Crippen LogP contribution in [0.2, 0.25) is 5.02 Å². The van der Waals surface area contributed by atoms with Crippen LogP contribution < -0.4 is 5.73 Å². The second-order valence-corrected chi connectivity index (χ2v) is 6.70. The molecule has 8 heteroatoms. The van der Waals surface area contributed by atoms with Crippen molar-refractivity contribution in [2.24, 2.45) is 0 Å². The molecule has 1 aliphatic rings. The highest BCUT2D eigenvalue weighted by Crippen LogP contribution is 2.31. The van der Waals surface area contributed by atoms with Gasteiger partial charge in [-0.3, -0.25) is 0 Å². The van der Waals surface area contributed by atoms with Gasteiger partial charge in [-0.1, -0.05) is 11.6 Å². The SMILES string of the molecule is Nc1cc(Cl)cc(S(=O)(=O)N2CCC[C@H]2CO)c1F. The van der Waals surface area contributed by atoms with Gasteiger partial charge in [-0.05, 0) is 25.0 Å². The smallest absolute Gasteiger partial charge is 0.246 e. The lowest BCUT2D eigenvalue weighted by Crippen LogP contribution is -2.38. The Balaban J connectivity index is 2.51. The summed E-state index contributed by atoms with van der Waals surface area (Å²) in [4.78, 5) is -0.544. The van der Waals surface area contributed by atoms with Crippen molar-refractivity contribution < 1.29 is 17.9 Å². The number of hydrogen-bond donors (Lipinski definition) is 2. The van der Waals surface area contributed by atoms with Gasteiger partial charge in [-0.2, -0.15) is 4.31 Å². The number of halogens is 2. The molecule has 0 amide bonds. The average molecular weight is 309 g/mol. The first-order chi connectivity index (χ1) is 8.87. The third kappa shape index (κ3) is 2.55. The largest absolute Gasteiger partial charge is 0.396 e. The maximum atomic E-state index is 13.9. The molecule has 1 aromatic rings. The Kier molecular flexibility index (Phi) is 4.00. The molecule has 0 aliphatic carbocycles. The summed E-state index contributed by atoms with van der Waals surface area (Å²) in [6, 6.07) is 1.67. The summed E-state index contributed by atoms with van der Waals surface area (Å²) in [5.41, 5.74) is 5.08. The molecule has 0 unspecified atom stereocenters. The summed E-state index contributed by atoms with van der Waals surface area (Å²) < 4.78 is 39.8. The molecule has 5 nitrogen and oxygen atoms in total. The monoisotopic (exact) mass is 308 g/mol. The Labute approximate surface area is 115 Å². The van der Waals surface area contributed by atoms with Gasteiger partial charge in [-0.25, -0.2) is 12.8 Å². The normalized spacial score (nSPS) is 20.9. The van der Waals surface area contributed by atoms with Crippen molar-refractivity contribution in [3.8, 4) is 0 Å². The van der Waals surface area contributed by atoms with Gasteiger partial charge in [0.25, 0.3) is 0 Å². The molecule has 106 valence electrons. The fourth-order valence-electron chi connectivity index (χ4n) is 2.21. The van der Waals surface area contributed by atoms with Crippen molar-refractivity contribution in [3.05, 3.63) is 23.0 Å². The molecular formula is C11H14ClFN2O3S. The number of aliphatic hydroxyl groups is 1. The Morgan fingerprint density at radius 2 is 2.21 bits per heavy atom. The highest BCUT2D eigenvalue weighted by Gasteiger charge is 2.36.